The van der Waals surface area contributed by atoms with Gasteiger partial charge in [0.15, 0.2) is 11.5 Å². The third kappa shape index (κ3) is 6.75. The molecule has 2 saturated carbocycles. The number of amides is 1. The van der Waals surface area contributed by atoms with E-state index in [1.807, 2.05) is 17.8 Å². The number of nitrogens with zero attached hydrogens (tertiary/aromatic N) is 6. The van der Waals surface area contributed by atoms with Crippen LogP contribution in [0.1, 0.15) is 82.5 Å². The molecule has 0 unspecified atom stereocenters. The lowest BCUT2D eigenvalue weighted by molar-refractivity contribution is -0.218. The maximum absolute atomic E-state index is 14.9. The van der Waals surface area contributed by atoms with Crippen molar-refractivity contribution in [2.45, 2.75) is 83.1 Å². The van der Waals surface area contributed by atoms with Gasteiger partial charge in [0.2, 0.25) is 0 Å². The topological polar surface area (TPSA) is 121 Å². The number of alkyl halides is 3. The summed E-state index contributed by atoms with van der Waals surface area (Å²) in [6.45, 7) is 3.77. The summed E-state index contributed by atoms with van der Waals surface area (Å²) in [5.41, 5.74) is 4.88. The van der Waals surface area contributed by atoms with Crippen LogP contribution in [0, 0.1) is 10.8 Å². The second kappa shape index (κ2) is 12.5. The Hall–Kier alpha value is -4.65. The van der Waals surface area contributed by atoms with Gasteiger partial charge >= 0.3 is 12.1 Å². The summed E-state index contributed by atoms with van der Waals surface area (Å²) in [6.07, 6.45) is 5.70. The Morgan fingerprint density at radius 1 is 1.10 bits per heavy atom. The predicted molar refractivity (Wildman–Crippen MR) is 185 cm³/mol. The lowest BCUT2D eigenvalue weighted by Gasteiger charge is -2.37. The average molecular weight is 722 g/mol. The van der Waals surface area contributed by atoms with Crippen molar-refractivity contribution in [2.75, 3.05) is 6.61 Å². The van der Waals surface area contributed by atoms with Crippen LogP contribution in [-0.2, 0) is 19.9 Å². The van der Waals surface area contributed by atoms with Crippen LogP contribution in [-0.4, -0.2) is 55.1 Å². The van der Waals surface area contributed by atoms with E-state index < -0.39 is 41.5 Å². The van der Waals surface area contributed by atoms with Gasteiger partial charge in [-0.05, 0) is 72.4 Å². The smallest absolute Gasteiger partial charge is 0.394 e. The molecule has 3 aliphatic rings. The van der Waals surface area contributed by atoms with Crippen LogP contribution in [0.3, 0.4) is 0 Å². The summed E-state index contributed by atoms with van der Waals surface area (Å²) in [4.78, 5) is 33.7. The monoisotopic (exact) mass is 721 g/mol. The first-order valence-electron chi connectivity index (χ1n) is 17.0. The highest BCUT2D eigenvalue weighted by molar-refractivity contribution is 6.32. The summed E-state index contributed by atoms with van der Waals surface area (Å²) in [7, 11) is 0. The number of carbonyl (C=O) groups excluding carboxylic acids is 2. The number of hydrogen-bond donors (Lipinski definition) is 1. The molecule has 0 radical (unpaired) electrons. The van der Waals surface area contributed by atoms with E-state index in [4.69, 9.17) is 22.1 Å². The van der Waals surface area contributed by atoms with Crippen molar-refractivity contribution in [3.63, 3.8) is 0 Å². The minimum atomic E-state index is -4.67. The molecule has 0 bridgehead atoms. The molecule has 2 aromatic carbocycles. The maximum atomic E-state index is 14.9. The number of ether oxygens (including phenoxy) is 1. The molecule has 2 atom stereocenters. The van der Waals surface area contributed by atoms with E-state index in [1.165, 1.54) is 4.68 Å². The number of guanidine groups is 1. The molecule has 2 fully saturated rings. The molecule has 1 aliphatic heterocycles. The molecule has 2 aliphatic carbocycles. The zero-order valence-electron chi connectivity index (χ0n) is 28.5. The van der Waals surface area contributed by atoms with E-state index in [9.17, 15) is 22.8 Å². The van der Waals surface area contributed by atoms with Crippen LogP contribution in [0.25, 0.3) is 16.8 Å². The van der Waals surface area contributed by atoms with Crippen molar-refractivity contribution >= 4 is 29.4 Å². The number of benzene rings is 2. The van der Waals surface area contributed by atoms with E-state index in [-0.39, 0.29) is 30.0 Å². The van der Waals surface area contributed by atoms with Gasteiger partial charge in [0.1, 0.15) is 6.61 Å². The highest BCUT2D eigenvalue weighted by atomic mass is 35.5. The fraction of sp³-hybridized carbons (Fsp3) is 0.432. The summed E-state index contributed by atoms with van der Waals surface area (Å²) >= 11 is 6.55. The zero-order chi connectivity index (χ0) is 36.3. The number of halogens is 4. The van der Waals surface area contributed by atoms with E-state index >= 15 is 0 Å². The molecule has 1 amide bonds. The van der Waals surface area contributed by atoms with Crippen molar-refractivity contribution in [3.8, 4) is 16.8 Å². The maximum Gasteiger partial charge on any atom is 0.394 e. The molecule has 10 nitrogen and oxygen atoms in total. The largest absolute Gasteiger partial charge is 0.463 e. The molecule has 14 heteroatoms. The number of nitrogens with two attached hydrogens (primary N) is 1. The van der Waals surface area contributed by atoms with Crippen molar-refractivity contribution in [1.29, 1.82) is 0 Å². The van der Waals surface area contributed by atoms with Crippen molar-refractivity contribution in [3.05, 3.63) is 89.5 Å². The normalized spacial score (nSPS) is 20.7. The first-order chi connectivity index (χ1) is 24.1. The summed E-state index contributed by atoms with van der Waals surface area (Å²) < 4.78 is 52.9. The third-order valence-corrected chi connectivity index (χ3v) is 10.6. The molecule has 0 saturated heterocycles. The van der Waals surface area contributed by atoms with Crippen LogP contribution >= 0.6 is 11.6 Å². The minimum absolute atomic E-state index is 0.134. The van der Waals surface area contributed by atoms with Gasteiger partial charge < -0.3 is 10.5 Å². The summed E-state index contributed by atoms with van der Waals surface area (Å²) in [6, 6.07) is 12.8. The molecule has 2 aromatic heterocycles. The van der Waals surface area contributed by atoms with Gasteiger partial charge in [-0.25, -0.2) is 9.67 Å². The highest BCUT2D eigenvalue weighted by Gasteiger charge is 2.59. The van der Waals surface area contributed by atoms with Gasteiger partial charge in [-0.1, -0.05) is 62.7 Å². The Morgan fingerprint density at radius 3 is 2.45 bits per heavy atom. The van der Waals surface area contributed by atoms with Gasteiger partial charge in [-0.3, -0.25) is 19.2 Å². The van der Waals surface area contributed by atoms with Crippen LogP contribution in [0.4, 0.5) is 13.2 Å². The van der Waals surface area contributed by atoms with Crippen molar-refractivity contribution in [1.82, 2.24) is 24.5 Å². The molecular weight excluding hydrogens is 683 g/mol. The summed E-state index contributed by atoms with van der Waals surface area (Å²) in [5, 5.41) is 9.08. The Kier molecular flexibility index (Phi) is 8.55. The zero-order valence-corrected chi connectivity index (χ0v) is 29.3. The number of rotatable bonds is 12. The Balaban J connectivity index is 1.28. The second-order valence-electron chi connectivity index (χ2n) is 14.9. The van der Waals surface area contributed by atoms with E-state index in [0.29, 0.717) is 22.3 Å². The average Bonchev–Trinajstić information content (AvgIpc) is 3.88. The molecular formula is C37H39ClF3N7O3. The van der Waals surface area contributed by atoms with Gasteiger partial charge in [-0.2, -0.15) is 23.4 Å². The highest BCUT2D eigenvalue weighted by Crippen LogP contribution is 2.51. The molecule has 7 rings (SSSR count). The fourth-order valence-electron chi connectivity index (χ4n) is 6.62. The first kappa shape index (κ1) is 34.8. The Labute approximate surface area is 298 Å². The van der Waals surface area contributed by atoms with Crippen LogP contribution in [0.2, 0.25) is 5.02 Å². The summed E-state index contributed by atoms with van der Waals surface area (Å²) in [5.74, 6) is -1.51. The van der Waals surface area contributed by atoms with Crippen molar-refractivity contribution in [2.24, 2.45) is 21.6 Å². The second-order valence-corrected chi connectivity index (χ2v) is 15.3. The van der Waals surface area contributed by atoms with Crippen LogP contribution in [0.5, 0.6) is 0 Å². The fourth-order valence-corrected chi connectivity index (χ4v) is 6.82. The van der Waals surface area contributed by atoms with Crippen LogP contribution in [0.15, 0.2) is 78.3 Å². The lowest BCUT2D eigenvalue weighted by atomic mass is 9.74. The van der Waals surface area contributed by atoms with Gasteiger partial charge in [-0.15, -0.1) is 0 Å². The van der Waals surface area contributed by atoms with Gasteiger partial charge in [0.25, 0.3) is 5.91 Å². The van der Waals surface area contributed by atoms with E-state index in [1.54, 1.807) is 67.1 Å². The number of aliphatic imine (C=N–C) groups is 1. The minimum Gasteiger partial charge on any atom is -0.463 e. The number of hydrogen-bond acceptors (Lipinski definition) is 7. The molecule has 268 valence electrons. The van der Waals surface area contributed by atoms with Gasteiger partial charge in [0, 0.05) is 24.2 Å². The van der Waals surface area contributed by atoms with E-state index in [2.05, 4.69) is 15.2 Å². The molecule has 3 heterocycles. The standard InChI is InChI=1S/C37H39ClF3N7O3/c1-34(2,37(39,40)41)22-36(26-8-5-23(6-9-26)25-19-44-47(20-25)27-10-11-27)32(50)48(33(42)45-36)30(21-51-31(49)18-35(3)13-14-35)24-7-12-28(38)29(17-24)46-16-4-15-43-46/h4-9,12,15-17,19-20,27,30H,10-11,13-14,18,21-22H2,1-3H3,(H2,42,45)/t30-,36-/m1/s1. The quantitative estimate of drug-likeness (QED) is 0.151. The predicted octanol–water partition coefficient (Wildman–Crippen LogP) is 7.53. The van der Waals surface area contributed by atoms with Gasteiger partial charge in [0.05, 0.1) is 40.8 Å². The van der Waals surface area contributed by atoms with Crippen LogP contribution < -0.4 is 5.73 Å². The molecule has 4 aromatic rings. The molecule has 2 N–H and O–H groups in total. The number of esters is 1. The van der Waals surface area contributed by atoms with Crippen molar-refractivity contribution < 1.29 is 27.5 Å². The molecule has 51 heavy (non-hydrogen) atoms. The number of aromatic nitrogens is 4. The SMILES string of the molecule is CC1(CC(=O)OC[C@H](c2ccc(Cl)c(-n3cccn3)c2)N2C(=O)[C@@](CC(C)(C)C(F)(F)F)(c3ccc(-c4cnn(C5CC5)c4)cc3)N=C2N)CC1. The first-order valence-corrected chi connectivity index (χ1v) is 17.3. The van der Waals surface area contributed by atoms with E-state index in [0.717, 1.165) is 55.6 Å². The third-order valence-electron chi connectivity index (χ3n) is 10.3. The molecule has 0 spiro atoms. The Bertz CT molecular complexity index is 1980. The number of carbonyl (C=O) groups is 2. The Morgan fingerprint density at radius 2 is 1.82 bits per heavy atom. The lowest BCUT2D eigenvalue weighted by Crippen LogP contribution is -2.49.